The molecule has 0 bridgehead atoms. The summed E-state index contributed by atoms with van der Waals surface area (Å²) in [5.41, 5.74) is 12.8. The Kier molecular flexibility index (Phi) is 2.64. The van der Waals surface area contributed by atoms with E-state index in [4.69, 9.17) is 11.2 Å². The second-order valence-electron chi connectivity index (χ2n) is 2.19. The van der Waals surface area contributed by atoms with Gasteiger partial charge in [-0.15, -0.1) is 0 Å². The Balaban J connectivity index is 3.12. The second kappa shape index (κ2) is 3.51. The molecule has 0 saturated carbocycles. The van der Waals surface area contributed by atoms with Crippen LogP contribution in [0.3, 0.4) is 0 Å². The molecule has 0 fully saturated rings. The topological polar surface area (TPSA) is 52.0 Å². The molecule has 1 aromatic rings. The molecule has 0 radical (unpaired) electrons. The van der Waals surface area contributed by atoms with Crippen LogP contribution < -0.4 is 16.5 Å². The molecular formula is C8H11N2P. The van der Waals surface area contributed by atoms with Gasteiger partial charge in [0, 0.05) is 5.69 Å². The Morgan fingerprint density at radius 3 is 2.73 bits per heavy atom. The third kappa shape index (κ3) is 1.79. The van der Waals surface area contributed by atoms with E-state index in [0.717, 1.165) is 16.6 Å². The number of hydrogen-bond acceptors (Lipinski definition) is 2. The van der Waals surface area contributed by atoms with Gasteiger partial charge >= 0.3 is 0 Å². The van der Waals surface area contributed by atoms with Gasteiger partial charge in [0.15, 0.2) is 0 Å². The summed E-state index contributed by atoms with van der Waals surface area (Å²) in [6, 6.07) is 5.74. The van der Waals surface area contributed by atoms with Crippen LogP contribution in [0.4, 0.5) is 5.69 Å². The van der Waals surface area contributed by atoms with Gasteiger partial charge < -0.3 is 11.2 Å². The number of hydrogen-bond donors (Lipinski definition) is 2. The summed E-state index contributed by atoms with van der Waals surface area (Å²) in [6.45, 7) is 3.65. The smallest absolute Gasteiger partial charge is 0.0387 e. The zero-order valence-corrected chi connectivity index (χ0v) is 7.17. The van der Waals surface area contributed by atoms with E-state index in [2.05, 4.69) is 6.58 Å². The minimum atomic E-state index is 0.322. The van der Waals surface area contributed by atoms with Crippen LogP contribution in [0.25, 0.3) is 6.08 Å². The predicted octanol–water partition coefficient (Wildman–Crippen LogP) is 1.09. The van der Waals surface area contributed by atoms with Crippen molar-refractivity contribution in [2.75, 3.05) is 5.73 Å². The number of nitrogen functional groups attached to an aromatic ring is 1. The van der Waals surface area contributed by atoms with Gasteiger partial charge in [-0.3, -0.25) is 0 Å². The summed E-state index contributed by atoms with van der Waals surface area (Å²) in [5, 5.41) is 1.11. The molecule has 0 spiro atoms. The molecule has 0 aromatic heterocycles. The highest BCUT2D eigenvalue weighted by atomic mass is 31.1. The standard InChI is InChI=1S/C8H11N2P/c1-2-6-5-7(11-10)3-4-8(6)9/h2-5,11H,1,9-10H2. The van der Waals surface area contributed by atoms with E-state index in [1.54, 1.807) is 6.08 Å². The predicted molar refractivity (Wildman–Crippen MR) is 53.1 cm³/mol. The molecule has 2 nitrogen and oxygen atoms in total. The fraction of sp³-hybridized carbons (Fsp3) is 0. The SMILES string of the molecule is C=Cc1cc(PN)ccc1N. The molecule has 58 valence electrons. The Morgan fingerprint density at radius 2 is 2.18 bits per heavy atom. The molecule has 1 unspecified atom stereocenters. The molecule has 0 saturated heterocycles. The third-order valence-electron chi connectivity index (χ3n) is 1.47. The largest absolute Gasteiger partial charge is 0.398 e. The van der Waals surface area contributed by atoms with E-state index < -0.39 is 0 Å². The minimum Gasteiger partial charge on any atom is -0.398 e. The van der Waals surface area contributed by atoms with Gasteiger partial charge in [-0.2, -0.15) is 0 Å². The van der Waals surface area contributed by atoms with Crippen LogP contribution >= 0.6 is 8.73 Å². The Hall–Kier alpha value is -0.850. The first-order chi connectivity index (χ1) is 5.27. The van der Waals surface area contributed by atoms with E-state index in [1.165, 1.54) is 0 Å². The second-order valence-corrected chi connectivity index (χ2v) is 3.06. The normalized spacial score (nSPS) is 10.6. The zero-order chi connectivity index (χ0) is 8.27. The summed E-state index contributed by atoms with van der Waals surface area (Å²) in [5.74, 6) is 0. The molecule has 4 N–H and O–H groups in total. The molecule has 0 aliphatic rings. The lowest BCUT2D eigenvalue weighted by Crippen LogP contribution is -2.00. The van der Waals surface area contributed by atoms with Crippen molar-refractivity contribution in [1.82, 2.24) is 0 Å². The molecular weight excluding hydrogens is 155 g/mol. The first-order valence-corrected chi connectivity index (χ1v) is 4.34. The quantitative estimate of drug-likeness (QED) is 0.510. The maximum absolute atomic E-state index is 5.65. The zero-order valence-electron chi connectivity index (χ0n) is 6.17. The number of nitrogens with two attached hydrogens (primary N) is 2. The summed E-state index contributed by atoms with van der Waals surface area (Å²) in [7, 11) is 0.322. The van der Waals surface area contributed by atoms with E-state index in [1.807, 2.05) is 18.2 Å². The first kappa shape index (κ1) is 8.25. The van der Waals surface area contributed by atoms with Crippen molar-refractivity contribution in [1.29, 1.82) is 0 Å². The van der Waals surface area contributed by atoms with Crippen LogP contribution in [0.1, 0.15) is 5.56 Å². The molecule has 0 amide bonds. The van der Waals surface area contributed by atoms with Gasteiger partial charge in [0.05, 0.1) is 0 Å². The number of benzene rings is 1. The Bertz CT molecular complexity index is 271. The Labute approximate surface area is 68.1 Å². The van der Waals surface area contributed by atoms with Crippen LogP contribution in [0, 0.1) is 0 Å². The summed E-state index contributed by atoms with van der Waals surface area (Å²) in [6.07, 6.45) is 1.74. The summed E-state index contributed by atoms with van der Waals surface area (Å²) in [4.78, 5) is 0. The minimum absolute atomic E-state index is 0.322. The van der Waals surface area contributed by atoms with E-state index in [9.17, 15) is 0 Å². The van der Waals surface area contributed by atoms with E-state index in [-0.39, 0.29) is 0 Å². The molecule has 0 aliphatic heterocycles. The maximum atomic E-state index is 5.65. The summed E-state index contributed by atoms with van der Waals surface area (Å²) < 4.78 is 0. The van der Waals surface area contributed by atoms with Gasteiger partial charge in [-0.1, -0.05) is 18.7 Å². The molecule has 1 aromatic carbocycles. The summed E-state index contributed by atoms with van der Waals surface area (Å²) >= 11 is 0. The van der Waals surface area contributed by atoms with Crippen molar-refractivity contribution < 1.29 is 0 Å². The van der Waals surface area contributed by atoms with Gasteiger partial charge in [0.1, 0.15) is 0 Å². The van der Waals surface area contributed by atoms with Gasteiger partial charge in [0.2, 0.25) is 0 Å². The van der Waals surface area contributed by atoms with Crippen LogP contribution in [0.15, 0.2) is 24.8 Å². The van der Waals surface area contributed by atoms with Crippen LogP contribution in [0.2, 0.25) is 0 Å². The van der Waals surface area contributed by atoms with Crippen molar-refractivity contribution in [3.63, 3.8) is 0 Å². The average Bonchev–Trinajstić information content (AvgIpc) is 2.05. The molecule has 0 heterocycles. The van der Waals surface area contributed by atoms with Crippen LogP contribution in [-0.2, 0) is 0 Å². The van der Waals surface area contributed by atoms with Gasteiger partial charge in [-0.05, 0) is 31.7 Å². The molecule has 1 atom stereocenters. The van der Waals surface area contributed by atoms with Crippen molar-refractivity contribution >= 4 is 25.8 Å². The first-order valence-electron chi connectivity index (χ1n) is 3.26. The fourth-order valence-corrected chi connectivity index (χ4v) is 1.26. The average molecular weight is 166 g/mol. The van der Waals surface area contributed by atoms with Gasteiger partial charge in [0.25, 0.3) is 0 Å². The van der Waals surface area contributed by atoms with Crippen LogP contribution in [0.5, 0.6) is 0 Å². The maximum Gasteiger partial charge on any atom is 0.0387 e. The molecule has 0 aliphatic carbocycles. The lowest BCUT2D eigenvalue weighted by Gasteiger charge is -2.01. The lowest BCUT2D eigenvalue weighted by atomic mass is 10.2. The molecule has 1 rings (SSSR count). The van der Waals surface area contributed by atoms with Crippen molar-refractivity contribution in [2.24, 2.45) is 5.50 Å². The van der Waals surface area contributed by atoms with Crippen molar-refractivity contribution in [2.45, 2.75) is 0 Å². The van der Waals surface area contributed by atoms with E-state index >= 15 is 0 Å². The molecule has 11 heavy (non-hydrogen) atoms. The Morgan fingerprint density at radius 1 is 1.45 bits per heavy atom. The van der Waals surface area contributed by atoms with Gasteiger partial charge in [-0.25, -0.2) is 0 Å². The van der Waals surface area contributed by atoms with E-state index in [0.29, 0.717) is 8.73 Å². The van der Waals surface area contributed by atoms with Crippen molar-refractivity contribution in [3.05, 3.63) is 30.3 Å². The highest BCUT2D eigenvalue weighted by Gasteiger charge is 1.94. The lowest BCUT2D eigenvalue weighted by molar-refractivity contribution is 1.68. The highest BCUT2D eigenvalue weighted by molar-refractivity contribution is 7.44. The monoisotopic (exact) mass is 166 g/mol. The number of rotatable bonds is 2. The number of anilines is 1. The molecule has 3 heteroatoms. The van der Waals surface area contributed by atoms with Crippen LogP contribution in [-0.4, -0.2) is 0 Å². The third-order valence-corrected chi connectivity index (χ3v) is 2.12. The van der Waals surface area contributed by atoms with Crippen molar-refractivity contribution in [3.8, 4) is 0 Å². The fourth-order valence-electron chi connectivity index (χ4n) is 0.841. The highest BCUT2D eigenvalue weighted by Crippen LogP contribution is 2.12.